The number of rotatable bonds is 6. The van der Waals surface area contributed by atoms with E-state index in [2.05, 4.69) is 21.4 Å². The summed E-state index contributed by atoms with van der Waals surface area (Å²) in [5.74, 6) is -0.191. The molecule has 124 valence electrons. The number of amides is 1. The van der Waals surface area contributed by atoms with E-state index in [9.17, 15) is 13.2 Å². The van der Waals surface area contributed by atoms with E-state index in [1.807, 2.05) is 0 Å². The number of benzene rings is 1. The first-order chi connectivity index (χ1) is 11.0. The van der Waals surface area contributed by atoms with E-state index in [0.717, 1.165) is 32.4 Å². The molecule has 6 nitrogen and oxygen atoms in total. The predicted octanol–water partition coefficient (Wildman–Crippen LogP) is 0.777. The fourth-order valence-corrected chi connectivity index (χ4v) is 3.71. The van der Waals surface area contributed by atoms with E-state index in [1.165, 1.54) is 17.7 Å². The van der Waals surface area contributed by atoms with Crippen LogP contribution in [0.3, 0.4) is 0 Å². The smallest absolute Gasteiger partial charge is 0.251 e. The quantitative estimate of drug-likeness (QED) is 0.671. The van der Waals surface area contributed by atoms with Crippen LogP contribution >= 0.6 is 0 Å². The van der Waals surface area contributed by atoms with Crippen LogP contribution in [0.2, 0.25) is 0 Å². The summed E-state index contributed by atoms with van der Waals surface area (Å²) in [5.41, 5.74) is 1.68. The molecule has 1 fully saturated rings. The Balaban J connectivity index is 1.59. The Morgan fingerprint density at radius 3 is 2.57 bits per heavy atom. The van der Waals surface area contributed by atoms with Crippen molar-refractivity contribution in [2.24, 2.45) is 0 Å². The highest BCUT2D eigenvalue weighted by Crippen LogP contribution is 2.22. The number of sulfonamides is 1. The van der Waals surface area contributed by atoms with Gasteiger partial charge in [0.25, 0.3) is 5.91 Å². The lowest BCUT2D eigenvalue weighted by Gasteiger charge is -2.14. The van der Waals surface area contributed by atoms with Crippen LogP contribution in [-0.2, 0) is 10.0 Å². The van der Waals surface area contributed by atoms with Crippen molar-refractivity contribution in [2.45, 2.75) is 30.2 Å². The topological polar surface area (TPSA) is 87.3 Å². The van der Waals surface area contributed by atoms with Crippen LogP contribution < -0.4 is 15.4 Å². The van der Waals surface area contributed by atoms with Crippen molar-refractivity contribution in [3.63, 3.8) is 0 Å². The first-order valence-electron chi connectivity index (χ1n) is 7.84. The summed E-state index contributed by atoms with van der Waals surface area (Å²) in [7, 11) is -3.47. The minimum absolute atomic E-state index is 0.0706. The van der Waals surface area contributed by atoms with Gasteiger partial charge in [0, 0.05) is 24.7 Å². The maximum absolute atomic E-state index is 12.1. The maximum atomic E-state index is 12.1. The molecule has 7 heteroatoms. The van der Waals surface area contributed by atoms with E-state index in [0.29, 0.717) is 12.1 Å². The average Bonchev–Trinajstić information content (AvgIpc) is 3.37. The van der Waals surface area contributed by atoms with Crippen molar-refractivity contribution in [3.05, 3.63) is 41.5 Å². The second kappa shape index (κ2) is 6.82. The van der Waals surface area contributed by atoms with Crippen LogP contribution in [0.5, 0.6) is 0 Å². The lowest BCUT2D eigenvalue weighted by Crippen LogP contribution is -2.29. The third-order valence-electron chi connectivity index (χ3n) is 3.96. The lowest BCUT2D eigenvalue weighted by atomic mass is 10.1. The monoisotopic (exact) mass is 335 g/mol. The van der Waals surface area contributed by atoms with E-state index < -0.39 is 10.0 Å². The van der Waals surface area contributed by atoms with E-state index >= 15 is 0 Å². The first-order valence-corrected chi connectivity index (χ1v) is 9.32. The molecule has 0 radical (unpaired) electrons. The standard InChI is InChI=1S/C16H21N3O3S/c20-16(18-11-12-7-9-17-10-8-12)13-1-5-15(6-2-13)23(21,22)19-14-3-4-14/h1-2,5-7,14,17,19H,3-4,8-11H2,(H,18,20). The third-order valence-corrected chi connectivity index (χ3v) is 5.50. The number of carbonyl (C=O) groups is 1. The van der Waals surface area contributed by atoms with Gasteiger partial charge in [-0.15, -0.1) is 0 Å². The molecule has 2 aliphatic rings. The molecule has 1 aromatic rings. The highest BCUT2D eigenvalue weighted by molar-refractivity contribution is 7.89. The Hall–Kier alpha value is -1.70. The second-order valence-corrected chi connectivity index (χ2v) is 7.63. The summed E-state index contributed by atoms with van der Waals surface area (Å²) in [6.07, 6.45) is 4.81. The van der Waals surface area contributed by atoms with Gasteiger partial charge in [0.1, 0.15) is 0 Å². The molecule has 3 rings (SSSR count). The predicted molar refractivity (Wildman–Crippen MR) is 87.7 cm³/mol. The summed E-state index contributed by atoms with van der Waals surface area (Å²) in [6, 6.07) is 6.12. The number of hydrogen-bond acceptors (Lipinski definition) is 4. The Bertz CT molecular complexity index is 707. The summed E-state index contributed by atoms with van der Waals surface area (Å²) < 4.78 is 26.8. The minimum atomic E-state index is -3.47. The van der Waals surface area contributed by atoms with E-state index in [1.54, 1.807) is 12.1 Å². The average molecular weight is 335 g/mol. The van der Waals surface area contributed by atoms with Gasteiger partial charge in [-0.1, -0.05) is 11.6 Å². The highest BCUT2D eigenvalue weighted by atomic mass is 32.2. The molecule has 0 saturated heterocycles. The van der Waals surface area contributed by atoms with Gasteiger partial charge in [0.15, 0.2) is 0 Å². The highest BCUT2D eigenvalue weighted by Gasteiger charge is 2.27. The van der Waals surface area contributed by atoms with Gasteiger partial charge in [-0.05, 0) is 50.1 Å². The van der Waals surface area contributed by atoms with Crippen molar-refractivity contribution >= 4 is 15.9 Å². The first kappa shape index (κ1) is 16.2. The molecule has 3 N–H and O–H groups in total. The molecule has 0 spiro atoms. The Kier molecular flexibility index (Phi) is 4.79. The van der Waals surface area contributed by atoms with Crippen LogP contribution in [0.1, 0.15) is 29.6 Å². The SMILES string of the molecule is O=C(NCC1=CCNCC1)c1ccc(S(=O)(=O)NC2CC2)cc1. The maximum Gasteiger partial charge on any atom is 0.251 e. The molecule has 23 heavy (non-hydrogen) atoms. The van der Waals surface area contributed by atoms with Crippen LogP contribution in [0.25, 0.3) is 0 Å². The van der Waals surface area contributed by atoms with Crippen LogP contribution in [0, 0.1) is 0 Å². The third kappa shape index (κ3) is 4.40. The Labute approximate surface area is 136 Å². The molecule has 0 bridgehead atoms. The molecule has 1 amide bonds. The summed E-state index contributed by atoms with van der Waals surface area (Å²) in [6.45, 7) is 2.30. The van der Waals surface area contributed by atoms with Crippen LogP contribution in [0.4, 0.5) is 0 Å². The second-order valence-electron chi connectivity index (χ2n) is 5.92. The fraction of sp³-hybridized carbons (Fsp3) is 0.438. The molecular formula is C16H21N3O3S. The van der Waals surface area contributed by atoms with Crippen molar-refractivity contribution < 1.29 is 13.2 Å². The molecule has 0 unspecified atom stereocenters. The van der Waals surface area contributed by atoms with Gasteiger partial charge in [-0.3, -0.25) is 4.79 Å². The number of hydrogen-bond donors (Lipinski definition) is 3. The zero-order valence-electron chi connectivity index (χ0n) is 12.8. The van der Waals surface area contributed by atoms with Gasteiger partial charge in [0.2, 0.25) is 10.0 Å². The largest absolute Gasteiger partial charge is 0.348 e. The molecular weight excluding hydrogens is 314 g/mol. The zero-order valence-corrected chi connectivity index (χ0v) is 13.7. The fourth-order valence-electron chi connectivity index (χ4n) is 2.40. The Morgan fingerprint density at radius 2 is 1.96 bits per heavy atom. The molecule has 0 aromatic heterocycles. The molecule has 0 atom stereocenters. The Morgan fingerprint density at radius 1 is 1.22 bits per heavy atom. The van der Waals surface area contributed by atoms with Gasteiger partial charge in [-0.25, -0.2) is 13.1 Å². The van der Waals surface area contributed by atoms with Crippen molar-refractivity contribution in [1.29, 1.82) is 0 Å². The number of carbonyl (C=O) groups excluding carboxylic acids is 1. The zero-order chi connectivity index (χ0) is 16.3. The lowest BCUT2D eigenvalue weighted by molar-refractivity contribution is 0.0956. The number of nitrogens with one attached hydrogen (secondary N) is 3. The molecule has 1 heterocycles. The molecule has 1 aromatic carbocycles. The van der Waals surface area contributed by atoms with Crippen molar-refractivity contribution in [2.75, 3.05) is 19.6 Å². The van der Waals surface area contributed by atoms with Crippen molar-refractivity contribution in [3.8, 4) is 0 Å². The molecule has 1 aliphatic carbocycles. The van der Waals surface area contributed by atoms with Crippen LogP contribution in [-0.4, -0.2) is 40.0 Å². The van der Waals surface area contributed by atoms with Crippen LogP contribution in [0.15, 0.2) is 40.8 Å². The summed E-state index contributed by atoms with van der Waals surface area (Å²) in [4.78, 5) is 12.3. The van der Waals surface area contributed by atoms with Crippen molar-refractivity contribution in [1.82, 2.24) is 15.4 Å². The summed E-state index contributed by atoms with van der Waals surface area (Å²) >= 11 is 0. The van der Waals surface area contributed by atoms with Gasteiger partial charge in [0.05, 0.1) is 4.90 Å². The summed E-state index contributed by atoms with van der Waals surface area (Å²) in [5, 5.41) is 6.09. The normalized spacial score (nSPS) is 18.3. The minimum Gasteiger partial charge on any atom is -0.348 e. The molecule has 1 saturated carbocycles. The van der Waals surface area contributed by atoms with E-state index in [-0.39, 0.29) is 16.8 Å². The molecule has 1 aliphatic heterocycles. The van der Waals surface area contributed by atoms with E-state index in [4.69, 9.17) is 0 Å². The van der Waals surface area contributed by atoms with Gasteiger partial charge >= 0.3 is 0 Å². The van der Waals surface area contributed by atoms with Gasteiger partial charge in [-0.2, -0.15) is 0 Å². The van der Waals surface area contributed by atoms with Gasteiger partial charge < -0.3 is 10.6 Å².